The number of urea groups is 1. The van der Waals surface area contributed by atoms with Gasteiger partial charge in [-0.25, -0.2) is 4.79 Å². The van der Waals surface area contributed by atoms with E-state index in [0.717, 1.165) is 21.7 Å². The van der Waals surface area contributed by atoms with Gasteiger partial charge in [-0.2, -0.15) is 0 Å². The molecule has 29 heavy (non-hydrogen) atoms. The Morgan fingerprint density at radius 1 is 1.07 bits per heavy atom. The molecule has 1 aliphatic rings. The molecule has 1 aliphatic heterocycles. The number of hydrogen-bond donors (Lipinski definition) is 2. The van der Waals surface area contributed by atoms with Crippen LogP contribution >= 0.6 is 0 Å². The second kappa shape index (κ2) is 7.95. The fourth-order valence-corrected chi connectivity index (χ4v) is 3.24. The molecule has 152 valence electrons. The molecule has 0 radical (unpaired) electrons. The molecule has 0 bridgehead atoms. The van der Waals surface area contributed by atoms with Crippen LogP contribution in [0.25, 0.3) is 0 Å². The van der Waals surface area contributed by atoms with Gasteiger partial charge in [0.05, 0.1) is 0 Å². The largest absolute Gasteiger partial charge is 0.378 e. The van der Waals surface area contributed by atoms with E-state index in [1.165, 1.54) is 0 Å². The van der Waals surface area contributed by atoms with Crippen LogP contribution < -0.4 is 15.5 Å². The number of carbonyl (C=O) groups is 3. The molecule has 7 heteroatoms. The summed E-state index contributed by atoms with van der Waals surface area (Å²) in [6, 6.07) is 14.6. The van der Waals surface area contributed by atoms with Crippen LogP contribution in [0.5, 0.6) is 0 Å². The Kier molecular flexibility index (Phi) is 5.59. The van der Waals surface area contributed by atoms with Crippen LogP contribution in [-0.2, 0) is 21.7 Å². The van der Waals surface area contributed by atoms with Gasteiger partial charge in [-0.05, 0) is 37.1 Å². The topological polar surface area (TPSA) is 81.8 Å². The van der Waals surface area contributed by atoms with Gasteiger partial charge in [0.15, 0.2) is 0 Å². The van der Waals surface area contributed by atoms with Crippen LogP contribution in [0.4, 0.5) is 10.5 Å². The standard InChI is InChI=1S/C22H26N4O3/c1-15-5-9-17(10-6-15)22(2)20(28)26(21(29)24-22)14-19(27)23-13-16-7-11-18(12-8-16)25(3)4/h5-12H,13-14H2,1-4H3,(H,23,27)(H,24,29). The molecule has 2 aromatic carbocycles. The van der Waals surface area contributed by atoms with Crippen molar-refractivity contribution in [2.24, 2.45) is 0 Å². The Balaban J connectivity index is 1.62. The quantitative estimate of drug-likeness (QED) is 0.736. The first-order chi connectivity index (χ1) is 13.7. The summed E-state index contributed by atoms with van der Waals surface area (Å²) in [5.74, 6) is -0.824. The van der Waals surface area contributed by atoms with E-state index in [1.54, 1.807) is 6.92 Å². The lowest BCUT2D eigenvalue weighted by molar-refractivity contribution is -0.134. The SMILES string of the molecule is Cc1ccc(C2(C)NC(=O)N(CC(=O)NCc3ccc(N(C)C)cc3)C2=O)cc1. The van der Waals surface area contributed by atoms with Crippen molar-refractivity contribution < 1.29 is 14.4 Å². The van der Waals surface area contributed by atoms with E-state index in [0.29, 0.717) is 12.1 Å². The van der Waals surface area contributed by atoms with E-state index < -0.39 is 23.4 Å². The number of anilines is 1. The predicted octanol–water partition coefficient (Wildman–Crippen LogP) is 2.14. The average molecular weight is 394 g/mol. The first-order valence-corrected chi connectivity index (χ1v) is 9.45. The zero-order chi connectivity index (χ0) is 21.2. The third-order valence-corrected chi connectivity index (χ3v) is 5.15. The number of nitrogens with zero attached hydrogens (tertiary/aromatic N) is 2. The summed E-state index contributed by atoms with van der Waals surface area (Å²) in [5, 5.41) is 5.48. The Bertz CT molecular complexity index is 922. The van der Waals surface area contributed by atoms with Gasteiger partial charge in [0, 0.05) is 26.3 Å². The molecule has 3 rings (SSSR count). The number of rotatable bonds is 6. The number of benzene rings is 2. The van der Waals surface area contributed by atoms with Gasteiger partial charge in [0.1, 0.15) is 12.1 Å². The molecular weight excluding hydrogens is 368 g/mol. The van der Waals surface area contributed by atoms with Crippen molar-refractivity contribution in [1.29, 1.82) is 0 Å². The van der Waals surface area contributed by atoms with Crippen LogP contribution in [0.3, 0.4) is 0 Å². The van der Waals surface area contributed by atoms with Crippen molar-refractivity contribution in [2.75, 3.05) is 25.5 Å². The van der Waals surface area contributed by atoms with Crippen molar-refractivity contribution >= 4 is 23.5 Å². The number of carbonyl (C=O) groups excluding carboxylic acids is 3. The van der Waals surface area contributed by atoms with Crippen LogP contribution in [-0.4, -0.2) is 43.4 Å². The van der Waals surface area contributed by atoms with E-state index in [4.69, 9.17) is 0 Å². The van der Waals surface area contributed by atoms with Crippen molar-refractivity contribution in [2.45, 2.75) is 25.9 Å². The van der Waals surface area contributed by atoms with Crippen molar-refractivity contribution in [3.63, 3.8) is 0 Å². The molecule has 1 unspecified atom stereocenters. The van der Waals surface area contributed by atoms with Gasteiger partial charge in [-0.3, -0.25) is 14.5 Å². The highest BCUT2D eigenvalue weighted by Crippen LogP contribution is 2.28. The minimum atomic E-state index is -1.17. The highest BCUT2D eigenvalue weighted by atomic mass is 16.2. The molecular formula is C22H26N4O3. The van der Waals surface area contributed by atoms with Gasteiger partial charge in [-0.1, -0.05) is 42.0 Å². The Hall–Kier alpha value is -3.35. The van der Waals surface area contributed by atoms with Crippen LogP contribution in [0.1, 0.15) is 23.6 Å². The molecule has 7 nitrogen and oxygen atoms in total. The second-order valence-corrected chi connectivity index (χ2v) is 7.65. The number of amides is 4. The van der Waals surface area contributed by atoms with E-state index >= 15 is 0 Å². The van der Waals surface area contributed by atoms with E-state index in [1.807, 2.05) is 74.4 Å². The summed E-state index contributed by atoms with van der Waals surface area (Å²) >= 11 is 0. The summed E-state index contributed by atoms with van der Waals surface area (Å²) in [7, 11) is 3.92. The van der Waals surface area contributed by atoms with Gasteiger partial charge in [0.25, 0.3) is 5.91 Å². The van der Waals surface area contributed by atoms with Crippen LogP contribution in [0.2, 0.25) is 0 Å². The van der Waals surface area contributed by atoms with Crippen molar-refractivity contribution in [1.82, 2.24) is 15.5 Å². The number of nitrogens with one attached hydrogen (secondary N) is 2. The van der Waals surface area contributed by atoms with E-state index in [9.17, 15) is 14.4 Å². The number of aryl methyl sites for hydroxylation is 1. The summed E-state index contributed by atoms with van der Waals surface area (Å²) < 4.78 is 0. The molecule has 1 fully saturated rings. The van der Waals surface area contributed by atoms with Gasteiger partial charge in [-0.15, -0.1) is 0 Å². The Labute approximate surface area is 170 Å². The monoisotopic (exact) mass is 394 g/mol. The number of imide groups is 1. The highest BCUT2D eigenvalue weighted by molar-refractivity contribution is 6.09. The molecule has 0 aliphatic carbocycles. The smallest absolute Gasteiger partial charge is 0.325 e. The van der Waals surface area contributed by atoms with Crippen LogP contribution in [0, 0.1) is 6.92 Å². The van der Waals surface area contributed by atoms with Crippen molar-refractivity contribution in [3.05, 3.63) is 65.2 Å². The van der Waals surface area contributed by atoms with Crippen LogP contribution in [0.15, 0.2) is 48.5 Å². The minimum absolute atomic E-state index is 0.318. The maximum Gasteiger partial charge on any atom is 0.325 e. The average Bonchev–Trinajstić information content (AvgIpc) is 2.91. The third kappa shape index (κ3) is 4.23. The summed E-state index contributed by atoms with van der Waals surface area (Å²) in [5.41, 5.74) is 2.57. The number of hydrogen-bond acceptors (Lipinski definition) is 4. The molecule has 2 aromatic rings. The maximum absolute atomic E-state index is 12.9. The van der Waals surface area contributed by atoms with E-state index in [-0.39, 0.29) is 6.54 Å². The third-order valence-electron chi connectivity index (χ3n) is 5.15. The lowest BCUT2D eigenvalue weighted by Crippen LogP contribution is -2.43. The fraction of sp³-hybridized carbons (Fsp3) is 0.318. The first-order valence-electron chi connectivity index (χ1n) is 9.45. The summed E-state index contributed by atoms with van der Waals surface area (Å²) in [6.07, 6.45) is 0. The Morgan fingerprint density at radius 3 is 2.28 bits per heavy atom. The highest BCUT2D eigenvalue weighted by Gasteiger charge is 2.49. The van der Waals surface area contributed by atoms with E-state index in [2.05, 4.69) is 10.6 Å². The Morgan fingerprint density at radius 2 is 1.69 bits per heavy atom. The van der Waals surface area contributed by atoms with Gasteiger partial charge < -0.3 is 15.5 Å². The van der Waals surface area contributed by atoms with Crippen molar-refractivity contribution in [3.8, 4) is 0 Å². The zero-order valence-corrected chi connectivity index (χ0v) is 17.2. The normalized spacial score (nSPS) is 18.6. The predicted molar refractivity (Wildman–Crippen MR) is 111 cm³/mol. The van der Waals surface area contributed by atoms with Gasteiger partial charge in [0.2, 0.25) is 5.91 Å². The molecule has 1 heterocycles. The molecule has 2 N–H and O–H groups in total. The van der Waals surface area contributed by atoms with Gasteiger partial charge >= 0.3 is 6.03 Å². The first kappa shape index (κ1) is 20.4. The molecule has 0 saturated carbocycles. The molecule has 0 spiro atoms. The lowest BCUT2D eigenvalue weighted by atomic mass is 9.91. The molecule has 0 aromatic heterocycles. The zero-order valence-electron chi connectivity index (χ0n) is 17.2. The lowest BCUT2D eigenvalue weighted by Gasteiger charge is -2.22. The molecule has 4 amide bonds. The maximum atomic E-state index is 12.9. The minimum Gasteiger partial charge on any atom is -0.378 e. The summed E-state index contributed by atoms with van der Waals surface area (Å²) in [6.45, 7) is 3.61. The fourth-order valence-electron chi connectivity index (χ4n) is 3.24. The molecule has 1 saturated heterocycles. The molecule has 1 atom stereocenters. The summed E-state index contributed by atoms with van der Waals surface area (Å²) in [4.78, 5) is 40.5. The second-order valence-electron chi connectivity index (χ2n) is 7.65.